The van der Waals surface area contributed by atoms with Gasteiger partial charge in [0.25, 0.3) is 5.91 Å². The van der Waals surface area contributed by atoms with Crippen LogP contribution in [0, 0.1) is 5.41 Å². The molecule has 1 heterocycles. The van der Waals surface area contributed by atoms with Gasteiger partial charge in [-0.05, 0) is 50.0 Å². The first-order valence-electron chi connectivity index (χ1n) is 8.12. The van der Waals surface area contributed by atoms with Crippen molar-refractivity contribution in [2.45, 2.75) is 64.5 Å². The first kappa shape index (κ1) is 14.5. The molecule has 0 unspecified atom stereocenters. The molecule has 0 bridgehead atoms. The van der Waals surface area contributed by atoms with E-state index in [9.17, 15) is 4.79 Å². The number of nitrogens with two attached hydrogens (primary N) is 1. The van der Waals surface area contributed by atoms with Gasteiger partial charge >= 0.3 is 0 Å². The van der Waals surface area contributed by atoms with Crippen LogP contribution < -0.4 is 5.73 Å². The Kier molecular flexibility index (Phi) is 3.50. The summed E-state index contributed by atoms with van der Waals surface area (Å²) in [6.07, 6.45) is 8.85. The van der Waals surface area contributed by atoms with E-state index in [1.54, 1.807) is 0 Å². The summed E-state index contributed by atoms with van der Waals surface area (Å²) < 4.78 is 2.08. The van der Waals surface area contributed by atoms with Crippen molar-refractivity contribution in [2.75, 3.05) is 12.8 Å². The number of hydrogen-bond acceptors (Lipinski definition) is 2. The van der Waals surface area contributed by atoms with Gasteiger partial charge in [0.05, 0.1) is 5.69 Å². The van der Waals surface area contributed by atoms with Crippen LogP contribution in [0.1, 0.15) is 68.9 Å². The molecular formula is C17H27N3O. The predicted octanol–water partition coefficient (Wildman–Crippen LogP) is 3.45. The maximum atomic E-state index is 12.8. The van der Waals surface area contributed by atoms with Gasteiger partial charge in [-0.25, -0.2) is 0 Å². The highest BCUT2D eigenvalue weighted by Crippen LogP contribution is 2.39. The van der Waals surface area contributed by atoms with Crippen LogP contribution in [-0.2, 0) is 0 Å². The van der Waals surface area contributed by atoms with Crippen LogP contribution in [0.25, 0.3) is 0 Å². The van der Waals surface area contributed by atoms with Gasteiger partial charge in [-0.1, -0.05) is 13.8 Å². The zero-order valence-electron chi connectivity index (χ0n) is 13.4. The second-order valence-electron chi connectivity index (χ2n) is 7.61. The SMILES string of the molecule is CN(C(=O)c1cc(N)cn1C1CC1)C1CCC(C)(C)CC1. The lowest BCUT2D eigenvalue weighted by molar-refractivity contribution is 0.0624. The molecule has 0 aliphatic heterocycles. The number of anilines is 1. The summed E-state index contributed by atoms with van der Waals surface area (Å²) >= 11 is 0. The van der Waals surface area contributed by atoms with Crippen LogP contribution in [0.3, 0.4) is 0 Å². The van der Waals surface area contributed by atoms with Gasteiger partial charge in [-0.15, -0.1) is 0 Å². The lowest BCUT2D eigenvalue weighted by Crippen LogP contribution is -2.41. The molecule has 4 heteroatoms. The minimum atomic E-state index is 0.128. The molecule has 0 saturated heterocycles. The molecule has 2 aliphatic carbocycles. The first-order valence-corrected chi connectivity index (χ1v) is 8.12. The molecule has 1 amide bonds. The number of nitrogen functional groups attached to an aromatic ring is 1. The summed E-state index contributed by atoms with van der Waals surface area (Å²) in [5, 5.41) is 0. The fraction of sp³-hybridized carbons (Fsp3) is 0.706. The second kappa shape index (κ2) is 5.08. The summed E-state index contributed by atoms with van der Waals surface area (Å²) in [5.74, 6) is 0.128. The van der Waals surface area contributed by atoms with Crippen molar-refractivity contribution in [1.29, 1.82) is 0 Å². The zero-order chi connectivity index (χ0) is 15.2. The normalized spacial score (nSPS) is 22.2. The Hall–Kier alpha value is -1.45. The Morgan fingerprint density at radius 1 is 1.29 bits per heavy atom. The Morgan fingerprint density at radius 2 is 1.90 bits per heavy atom. The molecule has 0 aromatic carbocycles. The van der Waals surface area contributed by atoms with E-state index in [4.69, 9.17) is 5.73 Å². The summed E-state index contributed by atoms with van der Waals surface area (Å²) in [5.41, 5.74) is 7.80. The number of carbonyl (C=O) groups is 1. The van der Waals surface area contributed by atoms with E-state index in [-0.39, 0.29) is 5.91 Å². The molecule has 2 N–H and O–H groups in total. The monoisotopic (exact) mass is 289 g/mol. The lowest BCUT2D eigenvalue weighted by Gasteiger charge is -2.38. The van der Waals surface area contributed by atoms with Gasteiger partial charge < -0.3 is 15.2 Å². The van der Waals surface area contributed by atoms with Gasteiger partial charge in [0.1, 0.15) is 5.69 Å². The van der Waals surface area contributed by atoms with Gasteiger partial charge in [-0.3, -0.25) is 4.79 Å². The fourth-order valence-corrected chi connectivity index (χ4v) is 3.44. The molecular weight excluding hydrogens is 262 g/mol. The standard InChI is InChI=1S/C17H27N3O/c1-17(2)8-6-13(7-9-17)19(3)16(21)15-10-12(18)11-20(15)14-4-5-14/h10-11,13-14H,4-9,18H2,1-3H3. The van der Waals surface area contributed by atoms with Crippen LogP contribution in [0.4, 0.5) is 5.69 Å². The van der Waals surface area contributed by atoms with Crippen LogP contribution in [0.15, 0.2) is 12.3 Å². The molecule has 116 valence electrons. The number of amides is 1. The first-order chi connectivity index (χ1) is 9.87. The van der Waals surface area contributed by atoms with Crippen molar-refractivity contribution in [3.8, 4) is 0 Å². The summed E-state index contributed by atoms with van der Waals surface area (Å²) in [6, 6.07) is 2.69. The average molecular weight is 289 g/mol. The van der Waals surface area contributed by atoms with Crippen LogP contribution in [0.2, 0.25) is 0 Å². The third-order valence-corrected chi connectivity index (χ3v) is 5.21. The molecule has 1 aromatic heterocycles. The van der Waals surface area contributed by atoms with E-state index in [0.717, 1.165) is 31.4 Å². The van der Waals surface area contributed by atoms with Crippen molar-refractivity contribution < 1.29 is 4.79 Å². The Morgan fingerprint density at radius 3 is 2.48 bits per heavy atom. The lowest BCUT2D eigenvalue weighted by atomic mass is 9.75. The molecule has 4 nitrogen and oxygen atoms in total. The van der Waals surface area contributed by atoms with Gasteiger partial charge in [0.2, 0.25) is 0 Å². The van der Waals surface area contributed by atoms with Crippen LogP contribution in [0.5, 0.6) is 0 Å². The molecule has 1 aromatic rings. The molecule has 0 radical (unpaired) electrons. The molecule has 3 rings (SSSR count). The third-order valence-electron chi connectivity index (χ3n) is 5.21. The minimum Gasteiger partial charge on any atom is -0.397 e. The summed E-state index contributed by atoms with van der Waals surface area (Å²) in [6.45, 7) is 4.65. The predicted molar refractivity (Wildman–Crippen MR) is 85.2 cm³/mol. The van der Waals surface area contributed by atoms with E-state index < -0.39 is 0 Å². The van der Waals surface area contributed by atoms with Crippen molar-refractivity contribution in [3.05, 3.63) is 18.0 Å². The van der Waals surface area contributed by atoms with E-state index in [1.165, 1.54) is 12.8 Å². The Labute approximate surface area is 127 Å². The highest BCUT2D eigenvalue weighted by molar-refractivity contribution is 5.94. The van der Waals surface area contributed by atoms with Gasteiger partial charge in [0, 0.05) is 25.3 Å². The van der Waals surface area contributed by atoms with E-state index in [0.29, 0.717) is 23.2 Å². The Bertz CT molecular complexity index is 532. The fourth-order valence-electron chi connectivity index (χ4n) is 3.44. The van der Waals surface area contributed by atoms with Crippen LogP contribution >= 0.6 is 0 Å². The van der Waals surface area contributed by atoms with E-state index >= 15 is 0 Å². The van der Waals surface area contributed by atoms with Gasteiger partial charge in [0.15, 0.2) is 0 Å². The zero-order valence-corrected chi connectivity index (χ0v) is 13.4. The molecule has 21 heavy (non-hydrogen) atoms. The Balaban J connectivity index is 1.73. The summed E-state index contributed by atoms with van der Waals surface area (Å²) in [7, 11) is 1.95. The topological polar surface area (TPSA) is 51.3 Å². The highest BCUT2D eigenvalue weighted by Gasteiger charge is 2.33. The number of hydrogen-bond donors (Lipinski definition) is 1. The second-order valence-corrected chi connectivity index (χ2v) is 7.61. The average Bonchev–Trinajstić information content (AvgIpc) is 3.20. The highest BCUT2D eigenvalue weighted by atomic mass is 16.2. The van der Waals surface area contributed by atoms with Crippen LogP contribution in [-0.4, -0.2) is 28.5 Å². The number of nitrogens with zero attached hydrogens (tertiary/aromatic N) is 2. The number of aromatic nitrogens is 1. The maximum Gasteiger partial charge on any atom is 0.270 e. The van der Waals surface area contributed by atoms with Crippen molar-refractivity contribution in [3.63, 3.8) is 0 Å². The minimum absolute atomic E-state index is 0.128. The van der Waals surface area contributed by atoms with Crippen molar-refractivity contribution >= 4 is 11.6 Å². The summed E-state index contributed by atoms with van der Waals surface area (Å²) in [4.78, 5) is 14.8. The quantitative estimate of drug-likeness (QED) is 0.926. The molecule has 2 fully saturated rings. The maximum absolute atomic E-state index is 12.8. The molecule has 2 saturated carbocycles. The number of rotatable bonds is 3. The molecule has 2 aliphatic rings. The van der Waals surface area contributed by atoms with Gasteiger partial charge in [-0.2, -0.15) is 0 Å². The largest absolute Gasteiger partial charge is 0.397 e. The van der Waals surface area contributed by atoms with E-state index in [1.807, 2.05) is 24.2 Å². The molecule has 0 spiro atoms. The van der Waals surface area contributed by atoms with Crippen molar-refractivity contribution in [2.24, 2.45) is 5.41 Å². The number of carbonyl (C=O) groups excluding carboxylic acids is 1. The van der Waals surface area contributed by atoms with Crippen molar-refractivity contribution in [1.82, 2.24) is 9.47 Å². The smallest absolute Gasteiger partial charge is 0.270 e. The molecule has 0 atom stereocenters. The third kappa shape index (κ3) is 2.94. The van der Waals surface area contributed by atoms with E-state index in [2.05, 4.69) is 18.4 Å².